The van der Waals surface area contributed by atoms with Crippen molar-refractivity contribution in [1.82, 2.24) is 4.90 Å². The van der Waals surface area contributed by atoms with E-state index in [2.05, 4.69) is 4.99 Å². The van der Waals surface area contributed by atoms with E-state index >= 15 is 0 Å². The zero-order valence-electron chi connectivity index (χ0n) is 7.12. The number of Topliss-reactive ketones (excluding diaryl/α,β-unsaturated/α-hetero) is 1. The number of aliphatic imine (C=N–C) groups is 1. The second-order valence-corrected chi connectivity index (χ2v) is 2.82. The standard InChI is InChI=1S/C8H12N2O2/c1-10-5-3-7(11)6-9-4-2-8(10)12/h6H,2-5H2,1H3. The summed E-state index contributed by atoms with van der Waals surface area (Å²) in [5.74, 6) is 0.0541. The fraction of sp³-hybridized carbons (Fsp3) is 0.625. The molecule has 0 radical (unpaired) electrons. The van der Waals surface area contributed by atoms with Gasteiger partial charge in [-0.3, -0.25) is 14.6 Å². The lowest BCUT2D eigenvalue weighted by molar-refractivity contribution is -0.129. The number of ketones is 1. The fourth-order valence-electron chi connectivity index (χ4n) is 0.985. The fourth-order valence-corrected chi connectivity index (χ4v) is 0.985. The number of carbonyl (C=O) groups excluding carboxylic acids is 2. The maximum absolute atomic E-state index is 11.2. The van der Waals surface area contributed by atoms with Gasteiger partial charge in [0.2, 0.25) is 5.91 Å². The van der Waals surface area contributed by atoms with Crippen molar-refractivity contribution in [3.8, 4) is 0 Å². The van der Waals surface area contributed by atoms with E-state index in [9.17, 15) is 9.59 Å². The molecule has 0 aliphatic carbocycles. The van der Waals surface area contributed by atoms with Crippen molar-refractivity contribution < 1.29 is 9.59 Å². The zero-order valence-corrected chi connectivity index (χ0v) is 7.12. The molecule has 0 spiro atoms. The third-order valence-electron chi connectivity index (χ3n) is 1.81. The van der Waals surface area contributed by atoms with Crippen LogP contribution in [0, 0.1) is 0 Å². The molecule has 0 aromatic rings. The van der Waals surface area contributed by atoms with E-state index in [1.54, 1.807) is 11.9 Å². The first-order valence-corrected chi connectivity index (χ1v) is 3.97. The van der Waals surface area contributed by atoms with Crippen molar-refractivity contribution in [3.63, 3.8) is 0 Å². The van der Waals surface area contributed by atoms with E-state index < -0.39 is 0 Å². The van der Waals surface area contributed by atoms with Gasteiger partial charge in [-0.05, 0) is 0 Å². The number of rotatable bonds is 0. The van der Waals surface area contributed by atoms with E-state index in [0.717, 1.165) is 0 Å². The van der Waals surface area contributed by atoms with Crippen molar-refractivity contribution in [1.29, 1.82) is 0 Å². The third-order valence-corrected chi connectivity index (χ3v) is 1.81. The second kappa shape index (κ2) is 3.99. The molecule has 1 aliphatic rings. The van der Waals surface area contributed by atoms with Crippen LogP contribution in [-0.4, -0.2) is 42.9 Å². The monoisotopic (exact) mass is 168 g/mol. The van der Waals surface area contributed by atoms with Gasteiger partial charge in [-0.25, -0.2) is 0 Å². The van der Waals surface area contributed by atoms with Gasteiger partial charge in [-0.1, -0.05) is 0 Å². The highest BCUT2D eigenvalue weighted by atomic mass is 16.2. The molecule has 0 saturated heterocycles. The van der Waals surface area contributed by atoms with Gasteiger partial charge in [0.05, 0.1) is 6.21 Å². The number of hydrogen-bond donors (Lipinski definition) is 0. The first-order valence-electron chi connectivity index (χ1n) is 3.97. The Morgan fingerprint density at radius 3 is 2.92 bits per heavy atom. The van der Waals surface area contributed by atoms with Crippen LogP contribution >= 0.6 is 0 Å². The van der Waals surface area contributed by atoms with Gasteiger partial charge in [0.1, 0.15) is 0 Å². The van der Waals surface area contributed by atoms with Crippen LogP contribution in [-0.2, 0) is 9.59 Å². The Balaban J connectivity index is 2.58. The second-order valence-electron chi connectivity index (χ2n) is 2.82. The molecule has 4 heteroatoms. The van der Waals surface area contributed by atoms with Crippen LogP contribution in [0.5, 0.6) is 0 Å². The molecule has 0 bridgehead atoms. The highest BCUT2D eigenvalue weighted by Gasteiger charge is 2.10. The number of amides is 1. The van der Waals surface area contributed by atoms with Crippen molar-refractivity contribution in [2.75, 3.05) is 20.1 Å². The van der Waals surface area contributed by atoms with E-state index in [1.807, 2.05) is 0 Å². The topological polar surface area (TPSA) is 49.7 Å². The van der Waals surface area contributed by atoms with Gasteiger partial charge in [-0.15, -0.1) is 0 Å². The maximum Gasteiger partial charge on any atom is 0.224 e. The number of carbonyl (C=O) groups is 2. The van der Waals surface area contributed by atoms with Crippen molar-refractivity contribution >= 4 is 17.9 Å². The molecule has 0 atom stereocenters. The number of nitrogens with zero attached hydrogens (tertiary/aromatic N) is 2. The third kappa shape index (κ3) is 2.45. The largest absolute Gasteiger partial charge is 0.345 e. The molecule has 66 valence electrons. The van der Waals surface area contributed by atoms with Crippen LogP contribution in [0.15, 0.2) is 4.99 Å². The molecule has 1 amide bonds. The summed E-state index contributed by atoms with van der Waals surface area (Å²) in [6.45, 7) is 0.929. The summed E-state index contributed by atoms with van der Waals surface area (Å²) in [6.07, 6.45) is 2.11. The van der Waals surface area contributed by atoms with Gasteiger partial charge in [0.15, 0.2) is 5.78 Å². The van der Waals surface area contributed by atoms with Gasteiger partial charge >= 0.3 is 0 Å². The minimum atomic E-state index is -0.00319. The highest BCUT2D eigenvalue weighted by molar-refractivity contribution is 6.27. The Labute approximate surface area is 71.3 Å². The highest BCUT2D eigenvalue weighted by Crippen LogP contribution is 1.96. The molecule has 12 heavy (non-hydrogen) atoms. The zero-order chi connectivity index (χ0) is 8.97. The Bertz CT molecular complexity index is 223. The Kier molecular flexibility index (Phi) is 2.96. The quantitative estimate of drug-likeness (QED) is 0.506. The summed E-state index contributed by atoms with van der Waals surface area (Å²) in [7, 11) is 1.71. The lowest BCUT2D eigenvalue weighted by Gasteiger charge is -2.14. The average Bonchev–Trinajstić information content (AvgIpc) is 2.11. The summed E-state index contributed by atoms with van der Waals surface area (Å²) in [5.41, 5.74) is 0. The van der Waals surface area contributed by atoms with Crippen molar-refractivity contribution in [2.45, 2.75) is 12.8 Å². The van der Waals surface area contributed by atoms with Crippen LogP contribution < -0.4 is 0 Å². The van der Waals surface area contributed by atoms with Gasteiger partial charge in [-0.2, -0.15) is 0 Å². The molecule has 4 nitrogen and oxygen atoms in total. The molecule has 1 heterocycles. The molecule has 0 saturated carbocycles. The predicted octanol–water partition coefficient (Wildman–Crippen LogP) is -0.121. The van der Waals surface area contributed by atoms with E-state index in [1.165, 1.54) is 6.21 Å². The molecule has 1 rings (SSSR count). The summed E-state index contributed by atoms with van der Waals surface area (Å²) in [4.78, 5) is 27.5. The van der Waals surface area contributed by atoms with Gasteiger partial charge in [0.25, 0.3) is 0 Å². The normalized spacial score (nSPS) is 20.2. The lowest BCUT2D eigenvalue weighted by Crippen LogP contribution is -2.28. The van der Waals surface area contributed by atoms with Crippen LogP contribution in [0.2, 0.25) is 0 Å². The molecule has 0 N–H and O–H groups in total. The molecule has 0 unspecified atom stereocenters. The van der Waals surface area contributed by atoms with Crippen molar-refractivity contribution in [2.24, 2.45) is 4.99 Å². The summed E-state index contributed by atoms with van der Waals surface area (Å²) >= 11 is 0. The molecular weight excluding hydrogens is 156 g/mol. The molecule has 0 aromatic carbocycles. The molecule has 0 fully saturated rings. The SMILES string of the molecule is CN1CCC(=O)C=NCCC1=O. The van der Waals surface area contributed by atoms with Crippen LogP contribution in [0.3, 0.4) is 0 Å². The summed E-state index contributed by atoms with van der Waals surface area (Å²) in [5, 5.41) is 0. The van der Waals surface area contributed by atoms with Gasteiger partial charge < -0.3 is 4.90 Å². The first kappa shape index (κ1) is 8.90. The van der Waals surface area contributed by atoms with Crippen molar-refractivity contribution in [3.05, 3.63) is 0 Å². The molecular formula is C8H12N2O2. The Morgan fingerprint density at radius 2 is 2.17 bits per heavy atom. The summed E-state index contributed by atoms with van der Waals surface area (Å²) < 4.78 is 0. The van der Waals surface area contributed by atoms with Crippen LogP contribution in [0.25, 0.3) is 0 Å². The predicted molar refractivity (Wildman–Crippen MR) is 45.2 cm³/mol. The van der Waals surface area contributed by atoms with Crippen LogP contribution in [0.4, 0.5) is 0 Å². The van der Waals surface area contributed by atoms with Crippen LogP contribution in [0.1, 0.15) is 12.8 Å². The Hall–Kier alpha value is -1.19. The average molecular weight is 168 g/mol. The minimum Gasteiger partial charge on any atom is -0.345 e. The van der Waals surface area contributed by atoms with E-state index in [4.69, 9.17) is 0 Å². The summed E-state index contributed by atoms with van der Waals surface area (Å²) in [6, 6.07) is 0. The van der Waals surface area contributed by atoms with Gasteiger partial charge in [0, 0.05) is 33.0 Å². The van der Waals surface area contributed by atoms with E-state index in [-0.39, 0.29) is 11.7 Å². The smallest absolute Gasteiger partial charge is 0.224 e. The Morgan fingerprint density at radius 1 is 1.42 bits per heavy atom. The minimum absolute atomic E-state index is 0.00319. The lowest BCUT2D eigenvalue weighted by atomic mass is 10.3. The number of hydrogen-bond acceptors (Lipinski definition) is 3. The maximum atomic E-state index is 11.2. The molecule has 1 aliphatic heterocycles. The molecule has 0 aromatic heterocycles. The first-order chi connectivity index (χ1) is 5.70. The van der Waals surface area contributed by atoms with E-state index in [0.29, 0.717) is 25.9 Å².